The second kappa shape index (κ2) is 9.89. The van der Waals surface area contributed by atoms with Gasteiger partial charge in [-0.05, 0) is 42.8 Å². The first-order chi connectivity index (χ1) is 10.5. The molecule has 7 heteroatoms. The van der Waals surface area contributed by atoms with E-state index in [1.165, 1.54) is 6.92 Å². The first-order valence-electron chi connectivity index (χ1n) is 6.52. The minimum absolute atomic E-state index is 0. The molecule has 1 atom stereocenters. The number of carboxylic acid groups (broad SMARTS) is 1. The van der Waals surface area contributed by atoms with Crippen LogP contribution in [-0.2, 0) is 11.4 Å². The Labute approximate surface area is 187 Å². The van der Waals surface area contributed by atoms with E-state index in [0.29, 0.717) is 28.2 Å². The summed E-state index contributed by atoms with van der Waals surface area (Å²) in [6, 6.07) is 12.0. The van der Waals surface area contributed by atoms with E-state index in [1.54, 1.807) is 42.5 Å². The van der Waals surface area contributed by atoms with Crippen LogP contribution >= 0.6 is 23.2 Å². The fraction of sp³-hybridized carbons (Fsp3) is 0.188. The summed E-state index contributed by atoms with van der Waals surface area (Å²) in [4.78, 5) is 10.7. The van der Waals surface area contributed by atoms with Gasteiger partial charge in [0.25, 0.3) is 0 Å². The van der Waals surface area contributed by atoms with E-state index < -0.39 is 12.1 Å². The van der Waals surface area contributed by atoms with Gasteiger partial charge in [-0.2, -0.15) is 0 Å². The first kappa shape index (κ1) is 20.8. The average molecular weight is 381 g/mol. The number of ether oxygens (including phenoxy) is 2. The standard InChI is InChI=1S/C16H14Cl2O4.K.H/c1-10(16(19)20)22-13-5-2-11(3-6-13)9-21-15-7-4-12(17)8-14(15)18;;/h2-8,10H,9H2,1H3,(H,19,20);;. The molecule has 0 aromatic heterocycles. The molecule has 118 valence electrons. The molecule has 0 spiro atoms. The Balaban J connectivity index is 0.00000264. The van der Waals surface area contributed by atoms with E-state index in [2.05, 4.69) is 0 Å². The number of carboxylic acids is 1. The van der Waals surface area contributed by atoms with Gasteiger partial charge in [-0.3, -0.25) is 0 Å². The maximum absolute atomic E-state index is 10.7. The molecule has 4 nitrogen and oxygen atoms in total. The Hall–Kier alpha value is -0.274. The van der Waals surface area contributed by atoms with Crippen molar-refractivity contribution in [2.45, 2.75) is 19.6 Å². The molecule has 1 N–H and O–H groups in total. The summed E-state index contributed by atoms with van der Waals surface area (Å²) in [5.74, 6) is 0.0267. The summed E-state index contributed by atoms with van der Waals surface area (Å²) >= 11 is 11.8. The number of hydrogen-bond donors (Lipinski definition) is 1. The van der Waals surface area contributed by atoms with Crippen LogP contribution in [0.15, 0.2) is 42.5 Å². The zero-order valence-electron chi connectivity index (χ0n) is 11.8. The van der Waals surface area contributed by atoms with Crippen molar-refractivity contribution in [3.63, 3.8) is 0 Å². The molecule has 2 aromatic rings. The molecule has 0 saturated heterocycles. The van der Waals surface area contributed by atoms with Crippen molar-refractivity contribution >= 4 is 80.6 Å². The molecule has 0 aliphatic heterocycles. The summed E-state index contributed by atoms with van der Waals surface area (Å²) in [5.41, 5.74) is 0.904. The minimum atomic E-state index is -1.01. The second-order valence-electron chi connectivity index (χ2n) is 4.61. The fourth-order valence-corrected chi connectivity index (χ4v) is 2.14. The molecule has 0 saturated carbocycles. The predicted molar refractivity (Wildman–Crippen MR) is 92.1 cm³/mol. The zero-order valence-corrected chi connectivity index (χ0v) is 13.3. The van der Waals surface area contributed by atoms with Crippen molar-refractivity contribution < 1.29 is 19.4 Å². The quantitative estimate of drug-likeness (QED) is 0.774. The Morgan fingerprint density at radius 3 is 2.39 bits per heavy atom. The summed E-state index contributed by atoms with van der Waals surface area (Å²) in [6.45, 7) is 1.80. The van der Waals surface area contributed by atoms with Crippen LogP contribution in [-0.4, -0.2) is 68.6 Å². The Morgan fingerprint density at radius 1 is 1.17 bits per heavy atom. The van der Waals surface area contributed by atoms with Gasteiger partial charge in [-0.1, -0.05) is 35.3 Å². The third-order valence-corrected chi connectivity index (χ3v) is 3.40. The second-order valence-corrected chi connectivity index (χ2v) is 5.45. The van der Waals surface area contributed by atoms with Crippen molar-refractivity contribution in [3.8, 4) is 11.5 Å². The van der Waals surface area contributed by atoms with Crippen LogP contribution in [0.25, 0.3) is 0 Å². The monoisotopic (exact) mass is 380 g/mol. The van der Waals surface area contributed by atoms with Gasteiger partial charge in [0, 0.05) is 5.02 Å². The third kappa shape index (κ3) is 6.62. The number of benzene rings is 2. The van der Waals surface area contributed by atoms with Crippen molar-refractivity contribution in [3.05, 3.63) is 58.1 Å². The van der Waals surface area contributed by atoms with Gasteiger partial charge >= 0.3 is 57.4 Å². The van der Waals surface area contributed by atoms with E-state index >= 15 is 0 Å². The number of halogens is 2. The number of aliphatic carboxylic acids is 1. The van der Waals surface area contributed by atoms with Gasteiger partial charge < -0.3 is 14.6 Å². The van der Waals surface area contributed by atoms with Crippen molar-refractivity contribution in [2.24, 2.45) is 0 Å². The molecule has 0 radical (unpaired) electrons. The Bertz CT molecular complexity index is 662. The van der Waals surface area contributed by atoms with Crippen LogP contribution in [0.2, 0.25) is 10.0 Å². The molecular weight excluding hydrogens is 366 g/mol. The molecule has 23 heavy (non-hydrogen) atoms. The van der Waals surface area contributed by atoms with Crippen LogP contribution in [0.5, 0.6) is 11.5 Å². The summed E-state index contributed by atoms with van der Waals surface area (Å²) in [6.07, 6.45) is -0.894. The molecule has 0 amide bonds. The molecular formula is C16H15Cl2KO4. The van der Waals surface area contributed by atoms with Crippen LogP contribution in [0.3, 0.4) is 0 Å². The van der Waals surface area contributed by atoms with Crippen LogP contribution in [0.1, 0.15) is 12.5 Å². The molecule has 2 rings (SSSR count). The zero-order chi connectivity index (χ0) is 16.1. The summed E-state index contributed by atoms with van der Waals surface area (Å²) in [5, 5.41) is 9.78. The van der Waals surface area contributed by atoms with Crippen molar-refractivity contribution in [1.82, 2.24) is 0 Å². The van der Waals surface area contributed by atoms with Gasteiger partial charge in [-0.25, -0.2) is 4.79 Å². The Morgan fingerprint density at radius 2 is 1.83 bits per heavy atom. The molecule has 1 unspecified atom stereocenters. The normalized spacial score (nSPS) is 11.3. The number of rotatable bonds is 6. The number of hydrogen-bond acceptors (Lipinski definition) is 3. The Kier molecular flexibility index (Phi) is 8.93. The molecule has 2 aromatic carbocycles. The molecule has 0 heterocycles. The topological polar surface area (TPSA) is 55.8 Å². The first-order valence-corrected chi connectivity index (χ1v) is 7.27. The van der Waals surface area contributed by atoms with E-state index in [0.717, 1.165) is 5.56 Å². The van der Waals surface area contributed by atoms with E-state index in [1.807, 2.05) is 0 Å². The van der Waals surface area contributed by atoms with Gasteiger partial charge in [-0.15, -0.1) is 0 Å². The molecule has 0 aliphatic rings. The van der Waals surface area contributed by atoms with E-state index in [4.69, 9.17) is 37.8 Å². The third-order valence-electron chi connectivity index (χ3n) is 2.87. The van der Waals surface area contributed by atoms with Crippen molar-refractivity contribution in [1.29, 1.82) is 0 Å². The molecule has 0 bridgehead atoms. The predicted octanol–water partition coefficient (Wildman–Crippen LogP) is 3.78. The van der Waals surface area contributed by atoms with Gasteiger partial charge in [0.15, 0.2) is 6.10 Å². The van der Waals surface area contributed by atoms with Gasteiger partial charge in [0.05, 0.1) is 5.02 Å². The van der Waals surface area contributed by atoms with Gasteiger partial charge in [0.2, 0.25) is 0 Å². The molecule has 0 fully saturated rings. The van der Waals surface area contributed by atoms with E-state index in [9.17, 15) is 4.79 Å². The van der Waals surface area contributed by atoms with Crippen molar-refractivity contribution in [2.75, 3.05) is 0 Å². The van der Waals surface area contributed by atoms with Gasteiger partial charge in [0.1, 0.15) is 18.1 Å². The fourth-order valence-electron chi connectivity index (χ4n) is 1.67. The van der Waals surface area contributed by atoms with Crippen LogP contribution < -0.4 is 9.47 Å². The van der Waals surface area contributed by atoms with Crippen LogP contribution in [0, 0.1) is 0 Å². The summed E-state index contributed by atoms with van der Waals surface area (Å²) < 4.78 is 10.9. The molecule has 0 aliphatic carbocycles. The maximum atomic E-state index is 10.7. The SMILES string of the molecule is CC(Oc1ccc(COc2ccc(Cl)cc2Cl)cc1)C(=O)O.[KH]. The number of carbonyl (C=O) groups is 1. The average Bonchev–Trinajstić information content (AvgIpc) is 2.47. The van der Waals surface area contributed by atoms with E-state index in [-0.39, 0.29) is 51.4 Å². The van der Waals surface area contributed by atoms with Crippen LogP contribution in [0.4, 0.5) is 0 Å². The summed E-state index contributed by atoms with van der Waals surface area (Å²) in [7, 11) is 0.